The summed E-state index contributed by atoms with van der Waals surface area (Å²) in [5.41, 5.74) is 2.18. The fraction of sp³-hybridized carbons (Fsp3) is 0.308. The molecule has 0 saturated carbocycles. The van der Waals surface area contributed by atoms with E-state index in [2.05, 4.69) is 36.1 Å². The van der Waals surface area contributed by atoms with Crippen LogP contribution in [0.1, 0.15) is 38.0 Å². The fourth-order valence-electron chi connectivity index (χ4n) is 3.93. The number of hydrogen-bond acceptors (Lipinski definition) is 8. The molecule has 3 heterocycles. The van der Waals surface area contributed by atoms with Crippen molar-refractivity contribution in [2.75, 3.05) is 6.61 Å². The molecule has 10 heteroatoms. The molecule has 1 aliphatic heterocycles. The van der Waals surface area contributed by atoms with Crippen LogP contribution >= 0.6 is 0 Å². The molecule has 0 N–H and O–H groups in total. The van der Waals surface area contributed by atoms with Gasteiger partial charge in [-0.05, 0) is 59.7 Å². The molecule has 4 aromatic rings. The zero-order valence-electron chi connectivity index (χ0n) is 20.2. The molecule has 2 aromatic carbocycles. The van der Waals surface area contributed by atoms with Gasteiger partial charge in [-0.2, -0.15) is 0 Å². The van der Waals surface area contributed by atoms with E-state index in [9.17, 15) is 10.1 Å². The van der Waals surface area contributed by atoms with Crippen molar-refractivity contribution in [1.82, 2.24) is 14.7 Å². The fourth-order valence-corrected chi connectivity index (χ4v) is 3.93. The molecule has 2 aromatic heterocycles. The third kappa shape index (κ3) is 5.02. The molecular weight excluding hydrogens is 464 g/mol. The highest BCUT2D eigenvalue weighted by Gasteiger charge is 2.41. The first-order chi connectivity index (χ1) is 17.3. The lowest BCUT2D eigenvalue weighted by Gasteiger charge is -2.22. The molecule has 0 saturated heterocycles. The van der Waals surface area contributed by atoms with Crippen LogP contribution in [0.5, 0.6) is 17.5 Å². The maximum atomic E-state index is 10.9. The minimum atomic E-state index is -0.674. The highest BCUT2D eigenvalue weighted by atomic mass is 16.6. The van der Waals surface area contributed by atoms with Crippen LogP contribution in [0.3, 0.4) is 0 Å². The minimum absolute atomic E-state index is 0.224. The number of rotatable bonds is 9. The molecule has 1 aliphatic rings. The van der Waals surface area contributed by atoms with E-state index in [1.165, 1.54) is 11.8 Å². The SMILES string of the molecule is CC(C)c1ccc(OCc2cc(-c3ccc(OC[C@@]4(C)Cn5cc([N+](=O)[O-])nc5O4)cc3)no2)cc1. The number of hydrogen-bond donors (Lipinski definition) is 0. The number of ether oxygens (including phenoxy) is 3. The standard InChI is InChI=1S/C26H26N4O6/c1-17(2)18-4-8-20(9-5-18)33-14-22-12-23(28-36-22)19-6-10-21(11-7-19)34-16-26(3)15-29-13-24(30(31)32)27-25(29)35-26/h4-13,17H,14-16H2,1-3H3/t26-/m1/s1. The van der Waals surface area contributed by atoms with Gasteiger partial charge in [0.15, 0.2) is 11.4 Å². The van der Waals surface area contributed by atoms with Crippen molar-refractivity contribution in [2.24, 2.45) is 0 Å². The zero-order valence-corrected chi connectivity index (χ0v) is 20.2. The second-order valence-corrected chi connectivity index (χ2v) is 9.32. The first kappa shape index (κ1) is 23.4. The molecule has 0 aliphatic carbocycles. The van der Waals surface area contributed by atoms with Crippen molar-refractivity contribution >= 4 is 5.82 Å². The van der Waals surface area contributed by atoms with Crippen molar-refractivity contribution in [3.63, 3.8) is 0 Å². The van der Waals surface area contributed by atoms with Gasteiger partial charge in [0, 0.05) is 16.6 Å². The Morgan fingerprint density at radius 2 is 1.81 bits per heavy atom. The van der Waals surface area contributed by atoms with Gasteiger partial charge in [0.2, 0.25) is 0 Å². The quantitative estimate of drug-likeness (QED) is 0.227. The monoisotopic (exact) mass is 490 g/mol. The normalized spacial score (nSPS) is 16.6. The predicted molar refractivity (Wildman–Crippen MR) is 130 cm³/mol. The maximum absolute atomic E-state index is 10.9. The largest absolute Gasteiger partial charge is 0.489 e. The van der Waals surface area contributed by atoms with E-state index in [0.29, 0.717) is 29.7 Å². The summed E-state index contributed by atoms with van der Waals surface area (Å²) in [5.74, 6) is 2.31. The van der Waals surface area contributed by atoms with Gasteiger partial charge in [0.25, 0.3) is 0 Å². The molecule has 10 nitrogen and oxygen atoms in total. The van der Waals surface area contributed by atoms with Crippen LogP contribution in [0.15, 0.2) is 65.3 Å². The lowest BCUT2D eigenvalue weighted by molar-refractivity contribution is -0.389. The van der Waals surface area contributed by atoms with Crippen LogP contribution in [-0.2, 0) is 13.2 Å². The minimum Gasteiger partial charge on any atom is -0.489 e. The molecular formula is C26H26N4O6. The van der Waals surface area contributed by atoms with Crippen molar-refractivity contribution in [3.05, 3.63) is 82.2 Å². The average molecular weight is 491 g/mol. The molecule has 0 unspecified atom stereocenters. The lowest BCUT2D eigenvalue weighted by atomic mass is 10.0. The van der Waals surface area contributed by atoms with Crippen LogP contribution in [-0.4, -0.2) is 31.8 Å². The molecule has 0 radical (unpaired) electrons. The number of fused-ring (bicyclic) bond motifs is 1. The van der Waals surface area contributed by atoms with Crippen LogP contribution < -0.4 is 14.2 Å². The summed E-state index contributed by atoms with van der Waals surface area (Å²) in [6, 6.07) is 17.6. The van der Waals surface area contributed by atoms with E-state index >= 15 is 0 Å². The number of aromatic nitrogens is 3. The van der Waals surface area contributed by atoms with E-state index in [-0.39, 0.29) is 25.0 Å². The van der Waals surface area contributed by atoms with Crippen LogP contribution in [0, 0.1) is 10.1 Å². The third-order valence-corrected chi connectivity index (χ3v) is 5.94. The molecule has 36 heavy (non-hydrogen) atoms. The second-order valence-electron chi connectivity index (χ2n) is 9.32. The lowest BCUT2D eigenvalue weighted by Crippen LogP contribution is -2.38. The molecule has 5 rings (SSSR count). The van der Waals surface area contributed by atoms with E-state index in [1.54, 1.807) is 4.57 Å². The average Bonchev–Trinajstić information content (AvgIpc) is 3.56. The third-order valence-electron chi connectivity index (χ3n) is 5.94. The summed E-state index contributed by atoms with van der Waals surface area (Å²) in [6.45, 7) is 7.14. The Hall–Kier alpha value is -4.34. The Kier molecular flexibility index (Phi) is 6.09. The number of nitro groups is 1. The van der Waals surface area contributed by atoms with Gasteiger partial charge >= 0.3 is 11.8 Å². The second kappa shape index (κ2) is 9.37. The molecule has 0 fully saturated rings. The van der Waals surface area contributed by atoms with Crippen LogP contribution in [0.4, 0.5) is 5.82 Å². The Bertz CT molecular complexity index is 1330. The van der Waals surface area contributed by atoms with Gasteiger partial charge in [-0.1, -0.05) is 31.1 Å². The summed E-state index contributed by atoms with van der Waals surface area (Å²) < 4.78 is 24.6. The van der Waals surface area contributed by atoms with Gasteiger partial charge < -0.3 is 28.8 Å². The molecule has 1 atom stereocenters. The van der Waals surface area contributed by atoms with Crippen molar-refractivity contribution in [2.45, 2.75) is 45.4 Å². The zero-order chi connectivity index (χ0) is 25.3. The van der Waals surface area contributed by atoms with Gasteiger partial charge in [0.1, 0.15) is 36.6 Å². The highest BCUT2D eigenvalue weighted by Crippen LogP contribution is 2.32. The first-order valence-electron chi connectivity index (χ1n) is 11.6. The molecule has 186 valence electrons. The Morgan fingerprint density at radius 1 is 1.11 bits per heavy atom. The number of benzene rings is 2. The molecule has 0 bridgehead atoms. The summed E-state index contributed by atoms with van der Waals surface area (Å²) >= 11 is 0. The summed E-state index contributed by atoms with van der Waals surface area (Å²) in [5, 5.41) is 15.0. The Labute approximate surface area is 207 Å². The molecule has 0 spiro atoms. The highest BCUT2D eigenvalue weighted by molar-refractivity contribution is 5.59. The van der Waals surface area contributed by atoms with E-state index in [0.717, 1.165) is 11.3 Å². The topological polar surface area (TPSA) is 115 Å². The number of nitrogens with zero attached hydrogens (tertiary/aromatic N) is 4. The van der Waals surface area contributed by atoms with Gasteiger partial charge in [-0.25, -0.2) is 0 Å². The maximum Gasteiger partial charge on any atom is 0.415 e. The van der Waals surface area contributed by atoms with Crippen molar-refractivity contribution < 1.29 is 23.7 Å². The first-order valence-corrected chi connectivity index (χ1v) is 11.6. The van der Waals surface area contributed by atoms with E-state index in [1.807, 2.05) is 49.4 Å². The smallest absolute Gasteiger partial charge is 0.415 e. The van der Waals surface area contributed by atoms with Crippen molar-refractivity contribution in [3.8, 4) is 28.8 Å². The summed E-state index contributed by atoms with van der Waals surface area (Å²) in [6.07, 6.45) is 1.37. The molecule has 0 amide bonds. The van der Waals surface area contributed by atoms with Gasteiger partial charge in [-0.15, -0.1) is 0 Å². The predicted octanol–water partition coefficient (Wildman–Crippen LogP) is 5.38. The van der Waals surface area contributed by atoms with Crippen molar-refractivity contribution in [1.29, 1.82) is 0 Å². The van der Waals surface area contributed by atoms with Crippen LogP contribution in [0.25, 0.3) is 11.3 Å². The van der Waals surface area contributed by atoms with Gasteiger partial charge in [-0.3, -0.25) is 4.57 Å². The van der Waals surface area contributed by atoms with E-state index < -0.39 is 10.5 Å². The number of imidazole rings is 1. The summed E-state index contributed by atoms with van der Waals surface area (Å²) in [4.78, 5) is 14.2. The van der Waals surface area contributed by atoms with E-state index in [4.69, 9.17) is 18.7 Å². The Morgan fingerprint density at radius 3 is 2.47 bits per heavy atom. The van der Waals surface area contributed by atoms with Gasteiger partial charge in [0.05, 0.1) is 6.54 Å². The summed E-state index contributed by atoms with van der Waals surface area (Å²) in [7, 11) is 0. The van der Waals surface area contributed by atoms with Crippen LogP contribution in [0.2, 0.25) is 0 Å². The Balaban J connectivity index is 1.14.